The minimum atomic E-state index is -3.87. The second-order valence-corrected chi connectivity index (χ2v) is 9.53. The van der Waals surface area contributed by atoms with Crippen molar-refractivity contribution in [1.29, 1.82) is 0 Å². The fourth-order valence-corrected chi connectivity index (χ4v) is 6.13. The summed E-state index contributed by atoms with van der Waals surface area (Å²) in [7, 11) is -1.78. The number of hydrogen-bond acceptors (Lipinski definition) is 5. The summed E-state index contributed by atoms with van der Waals surface area (Å²) in [5, 5.41) is 2.83. The number of aromatic nitrogens is 3. The van der Waals surface area contributed by atoms with Crippen LogP contribution in [0.5, 0.6) is 0 Å². The van der Waals surface area contributed by atoms with Crippen LogP contribution in [0.4, 0.5) is 5.69 Å². The van der Waals surface area contributed by atoms with Crippen molar-refractivity contribution in [3.05, 3.63) is 46.2 Å². The average Bonchev–Trinajstić information content (AvgIpc) is 3.24. The first-order chi connectivity index (χ1) is 12.9. The number of nitrogens with one attached hydrogen (secondary N) is 2. The van der Waals surface area contributed by atoms with E-state index in [9.17, 15) is 8.42 Å². The highest BCUT2D eigenvalue weighted by Gasteiger charge is 2.26. The molecule has 0 aliphatic carbocycles. The minimum Gasteiger partial charge on any atom is -0.357 e. The fourth-order valence-electron chi connectivity index (χ4n) is 3.63. The van der Waals surface area contributed by atoms with Crippen LogP contribution in [0, 0.1) is 0 Å². The molecular formula is C17H16ClN5O2S2. The summed E-state index contributed by atoms with van der Waals surface area (Å²) < 4.78 is 29.9. The summed E-state index contributed by atoms with van der Waals surface area (Å²) in [6.07, 6.45) is 2.63. The maximum atomic E-state index is 12.9. The summed E-state index contributed by atoms with van der Waals surface area (Å²) in [6, 6.07) is 5.57. The van der Waals surface area contributed by atoms with Crippen LogP contribution in [0.25, 0.3) is 15.9 Å². The molecule has 0 unspecified atom stereocenters. The van der Waals surface area contributed by atoms with Crippen molar-refractivity contribution in [2.24, 2.45) is 0 Å². The van der Waals surface area contributed by atoms with E-state index in [1.807, 2.05) is 12.1 Å². The molecule has 0 spiro atoms. The Morgan fingerprint density at radius 1 is 1.37 bits per heavy atom. The van der Waals surface area contributed by atoms with Gasteiger partial charge in [0.2, 0.25) is 0 Å². The van der Waals surface area contributed by atoms with Crippen LogP contribution in [0.1, 0.15) is 11.3 Å². The van der Waals surface area contributed by atoms with Crippen molar-refractivity contribution >= 4 is 54.5 Å². The van der Waals surface area contributed by atoms with E-state index in [1.54, 1.807) is 17.6 Å². The number of imidazole rings is 1. The van der Waals surface area contributed by atoms with Gasteiger partial charge in [0.15, 0.2) is 15.1 Å². The third-order valence-corrected chi connectivity index (χ3v) is 7.39. The third kappa shape index (κ3) is 2.73. The van der Waals surface area contributed by atoms with E-state index in [0.29, 0.717) is 10.6 Å². The molecule has 0 saturated carbocycles. The molecule has 27 heavy (non-hydrogen) atoms. The van der Waals surface area contributed by atoms with E-state index < -0.39 is 10.0 Å². The first-order valence-corrected chi connectivity index (χ1v) is 11.1. The quantitative estimate of drug-likeness (QED) is 0.531. The topological polar surface area (TPSA) is 82.5 Å². The number of benzene rings is 1. The number of sulfonamides is 1. The highest BCUT2D eigenvalue weighted by atomic mass is 35.5. The fraction of sp³-hybridized carbons (Fsp3) is 0.235. The van der Waals surface area contributed by atoms with E-state index in [-0.39, 0.29) is 10.2 Å². The molecule has 3 aromatic heterocycles. The standard InChI is InChI=1S/C17H16ClN5O2S2/c1-22-5-4-12-11-3-2-10(8-13(11)19-14(12)9-22)21-27(24,25)16-15(18)20-17-23(16)6-7-26-17/h2-3,6-8,19,21H,4-5,9H2,1H3. The third-order valence-electron chi connectivity index (χ3n) is 4.85. The average molecular weight is 422 g/mol. The van der Waals surface area contributed by atoms with Crippen LogP contribution in [0.15, 0.2) is 34.8 Å². The van der Waals surface area contributed by atoms with Gasteiger partial charge in [0.1, 0.15) is 0 Å². The van der Waals surface area contributed by atoms with Crippen molar-refractivity contribution in [3.8, 4) is 0 Å². The molecule has 4 aromatic rings. The predicted octanol–water partition coefficient (Wildman–Crippen LogP) is 3.32. The Bertz CT molecular complexity index is 1290. The van der Waals surface area contributed by atoms with E-state index in [1.165, 1.54) is 27.0 Å². The Balaban J connectivity index is 1.54. The number of H-pyrrole nitrogens is 1. The molecule has 0 radical (unpaired) electrons. The molecule has 5 rings (SSSR count). The van der Waals surface area contributed by atoms with E-state index in [4.69, 9.17) is 11.6 Å². The van der Waals surface area contributed by atoms with Gasteiger partial charge in [0.05, 0.1) is 5.69 Å². The number of hydrogen-bond donors (Lipinski definition) is 2. The van der Waals surface area contributed by atoms with Crippen molar-refractivity contribution in [2.45, 2.75) is 18.0 Å². The Kier molecular flexibility index (Phi) is 3.77. The molecule has 0 fully saturated rings. The SMILES string of the molecule is CN1CCc2c([nH]c3cc(NS(=O)(=O)c4c(Cl)nc5sccn45)ccc23)C1. The van der Waals surface area contributed by atoms with Gasteiger partial charge in [0.25, 0.3) is 10.0 Å². The first-order valence-electron chi connectivity index (χ1n) is 8.38. The van der Waals surface area contributed by atoms with E-state index >= 15 is 0 Å². The van der Waals surface area contributed by atoms with E-state index in [0.717, 1.165) is 30.4 Å². The maximum absolute atomic E-state index is 12.9. The largest absolute Gasteiger partial charge is 0.357 e. The number of halogens is 1. The van der Waals surface area contributed by atoms with Crippen LogP contribution in [-0.4, -0.2) is 41.3 Å². The van der Waals surface area contributed by atoms with Crippen molar-refractivity contribution < 1.29 is 8.42 Å². The molecule has 0 saturated heterocycles. The molecule has 10 heteroatoms. The van der Waals surface area contributed by atoms with Crippen molar-refractivity contribution in [1.82, 2.24) is 19.3 Å². The maximum Gasteiger partial charge on any atom is 0.281 e. The molecule has 1 aromatic carbocycles. The summed E-state index contributed by atoms with van der Waals surface area (Å²) in [6.45, 7) is 1.89. The molecule has 7 nitrogen and oxygen atoms in total. The summed E-state index contributed by atoms with van der Waals surface area (Å²) >= 11 is 7.41. The number of anilines is 1. The van der Waals surface area contributed by atoms with Crippen LogP contribution in [0.2, 0.25) is 5.15 Å². The smallest absolute Gasteiger partial charge is 0.281 e. The normalized spacial score (nSPS) is 15.5. The summed E-state index contributed by atoms with van der Waals surface area (Å²) in [5.41, 5.74) is 3.92. The van der Waals surface area contributed by atoms with Gasteiger partial charge in [-0.25, -0.2) is 4.98 Å². The van der Waals surface area contributed by atoms with Gasteiger partial charge < -0.3 is 9.88 Å². The summed E-state index contributed by atoms with van der Waals surface area (Å²) in [5.74, 6) is 0. The van der Waals surface area contributed by atoms with Crippen LogP contribution < -0.4 is 4.72 Å². The van der Waals surface area contributed by atoms with Crippen LogP contribution in [-0.2, 0) is 23.0 Å². The lowest BCUT2D eigenvalue weighted by molar-refractivity contribution is 0.310. The second kappa shape index (κ2) is 5.96. The molecule has 4 heterocycles. The number of aromatic amines is 1. The molecule has 0 bridgehead atoms. The minimum absolute atomic E-state index is 0.0335. The zero-order valence-electron chi connectivity index (χ0n) is 14.4. The lowest BCUT2D eigenvalue weighted by atomic mass is 10.0. The lowest BCUT2D eigenvalue weighted by Crippen LogP contribution is -2.26. The first kappa shape index (κ1) is 17.1. The Labute approximate surface area is 164 Å². The Morgan fingerprint density at radius 2 is 2.22 bits per heavy atom. The number of fused-ring (bicyclic) bond motifs is 4. The van der Waals surface area contributed by atoms with Gasteiger partial charge in [-0.15, -0.1) is 11.3 Å². The van der Waals surface area contributed by atoms with Gasteiger partial charge in [-0.1, -0.05) is 17.7 Å². The van der Waals surface area contributed by atoms with Crippen molar-refractivity contribution in [3.63, 3.8) is 0 Å². The van der Waals surface area contributed by atoms with Gasteiger partial charge in [0, 0.05) is 41.3 Å². The lowest BCUT2D eigenvalue weighted by Gasteiger charge is -2.22. The zero-order valence-corrected chi connectivity index (χ0v) is 16.7. The zero-order chi connectivity index (χ0) is 18.8. The summed E-state index contributed by atoms with van der Waals surface area (Å²) in [4.78, 5) is 10.3. The van der Waals surface area contributed by atoms with Gasteiger partial charge in [-0.3, -0.25) is 9.12 Å². The number of thiazole rings is 1. The molecule has 1 aliphatic heterocycles. The molecule has 0 amide bonds. The van der Waals surface area contributed by atoms with Gasteiger partial charge in [-0.05, 0) is 31.2 Å². The van der Waals surface area contributed by atoms with Crippen molar-refractivity contribution in [2.75, 3.05) is 18.3 Å². The Morgan fingerprint density at radius 3 is 3.07 bits per heavy atom. The van der Waals surface area contributed by atoms with Gasteiger partial charge >= 0.3 is 0 Å². The highest BCUT2D eigenvalue weighted by molar-refractivity contribution is 7.92. The highest BCUT2D eigenvalue weighted by Crippen LogP contribution is 2.31. The molecule has 140 valence electrons. The monoisotopic (exact) mass is 421 g/mol. The molecule has 1 aliphatic rings. The second-order valence-electron chi connectivity index (χ2n) is 6.70. The molecular weight excluding hydrogens is 406 g/mol. The Hall–Kier alpha value is -2.07. The number of likely N-dealkylation sites (N-methyl/N-ethyl adjacent to an activating group) is 1. The number of rotatable bonds is 3. The number of nitrogens with zero attached hydrogens (tertiary/aromatic N) is 3. The predicted molar refractivity (Wildman–Crippen MR) is 107 cm³/mol. The molecule has 2 N–H and O–H groups in total. The van der Waals surface area contributed by atoms with Gasteiger partial charge in [-0.2, -0.15) is 8.42 Å². The van der Waals surface area contributed by atoms with Crippen LogP contribution >= 0.6 is 22.9 Å². The van der Waals surface area contributed by atoms with Crippen LogP contribution in [0.3, 0.4) is 0 Å². The molecule has 0 atom stereocenters. The van der Waals surface area contributed by atoms with E-state index in [2.05, 4.69) is 26.6 Å².